The third-order valence-corrected chi connectivity index (χ3v) is 7.13. The number of likely N-dealkylation sites (N-methyl/N-ethyl adjacent to an activating group) is 1. The van der Waals surface area contributed by atoms with Crippen molar-refractivity contribution >= 4 is 17.2 Å². The molecule has 8 heteroatoms. The fraction of sp³-hybridized carbons (Fsp3) is 0.542. The van der Waals surface area contributed by atoms with Gasteiger partial charge in [0.1, 0.15) is 23.8 Å². The van der Waals surface area contributed by atoms with Crippen LogP contribution >= 0.6 is 11.3 Å². The highest BCUT2D eigenvalue weighted by Gasteiger charge is 2.41. The summed E-state index contributed by atoms with van der Waals surface area (Å²) in [6.45, 7) is 8.43. The van der Waals surface area contributed by atoms with Crippen molar-refractivity contribution in [3.63, 3.8) is 0 Å². The Kier molecular flexibility index (Phi) is 7.45. The number of halogens is 1. The van der Waals surface area contributed by atoms with E-state index < -0.39 is 5.60 Å². The normalized spacial score (nSPS) is 22.8. The number of hydrogen-bond acceptors (Lipinski definition) is 6. The highest BCUT2D eigenvalue weighted by Crippen LogP contribution is 2.28. The predicted octanol–water partition coefficient (Wildman–Crippen LogP) is 3.01. The number of ether oxygens (including phenoxy) is 2. The SMILES string of the molecule is Cc1ccc(CN2CCOC(COc3ccc(F)cc3)(CC(=O)N3CCN(C)CC3)C2)s1. The lowest BCUT2D eigenvalue weighted by molar-refractivity contribution is -0.157. The van der Waals surface area contributed by atoms with Crippen LogP contribution < -0.4 is 4.74 Å². The van der Waals surface area contributed by atoms with E-state index in [0.29, 0.717) is 18.9 Å². The number of hydrogen-bond donors (Lipinski definition) is 0. The van der Waals surface area contributed by atoms with E-state index in [9.17, 15) is 9.18 Å². The molecule has 0 saturated carbocycles. The minimum atomic E-state index is -0.737. The minimum Gasteiger partial charge on any atom is -0.491 e. The molecule has 1 aromatic heterocycles. The molecule has 2 aromatic rings. The number of amides is 1. The Bertz CT molecular complexity index is 898. The highest BCUT2D eigenvalue weighted by molar-refractivity contribution is 7.11. The second-order valence-corrected chi connectivity index (χ2v) is 10.2. The van der Waals surface area contributed by atoms with Crippen LogP contribution in [0.3, 0.4) is 0 Å². The molecule has 3 heterocycles. The second-order valence-electron chi connectivity index (χ2n) is 8.86. The number of nitrogens with zero attached hydrogens (tertiary/aromatic N) is 3. The topological polar surface area (TPSA) is 45.3 Å². The molecule has 6 nitrogen and oxygen atoms in total. The average molecular weight is 462 g/mol. The molecular weight excluding hydrogens is 429 g/mol. The van der Waals surface area contributed by atoms with E-state index in [2.05, 4.69) is 35.9 Å². The molecular formula is C24H32FN3O3S. The molecule has 2 aliphatic rings. The third kappa shape index (κ3) is 6.07. The molecule has 4 rings (SSSR count). The van der Waals surface area contributed by atoms with Crippen LogP contribution in [0.1, 0.15) is 16.2 Å². The zero-order valence-electron chi connectivity index (χ0n) is 18.9. The number of aryl methyl sites for hydroxylation is 1. The Balaban J connectivity index is 1.47. The van der Waals surface area contributed by atoms with E-state index in [1.54, 1.807) is 23.5 Å². The van der Waals surface area contributed by atoms with Gasteiger partial charge >= 0.3 is 0 Å². The first-order chi connectivity index (χ1) is 15.4. The summed E-state index contributed by atoms with van der Waals surface area (Å²) in [4.78, 5) is 22.3. The lowest BCUT2D eigenvalue weighted by Gasteiger charge is -2.43. The smallest absolute Gasteiger partial charge is 0.225 e. The molecule has 32 heavy (non-hydrogen) atoms. The van der Waals surface area contributed by atoms with Gasteiger partial charge in [-0.1, -0.05) is 0 Å². The van der Waals surface area contributed by atoms with E-state index in [-0.39, 0.29) is 24.8 Å². The Morgan fingerprint density at radius 3 is 2.56 bits per heavy atom. The molecule has 0 bridgehead atoms. The van der Waals surface area contributed by atoms with Gasteiger partial charge < -0.3 is 19.3 Å². The van der Waals surface area contributed by atoms with Crippen LogP contribution in [0, 0.1) is 12.7 Å². The fourth-order valence-electron chi connectivity index (χ4n) is 4.28. The molecule has 1 atom stereocenters. The Hall–Kier alpha value is -2.00. The Morgan fingerprint density at radius 1 is 1.12 bits per heavy atom. The number of benzene rings is 1. The van der Waals surface area contributed by atoms with Crippen molar-refractivity contribution in [2.45, 2.75) is 25.5 Å². The zero-order chi connectivity index (χ0) is 22.6. The van der Waals surface area contributed by atoms with E-state index in [4.69, 9.17) is 9.47 Å². The van der Waals surface area contributed by atoms with Gasteiger partial charge in [0.2, 0.25) is 5.91 Å². The van der Waals surface area contributed by atoms with Gasteiger partial charge in [-0.05, 0) is 50.4 Å². The van der Waals surface area contributed by atoms with Gasteiger partial charge in [0, 0.05) is 55.6 Å². The maximum Gasteiger partial charge on any atom is 0.225 e. The average Bonchev–Trinajstić information content (AvgIpc) is 3.18. The molecule has 1 aromatic carbocycles. The summed E-state index contributed by atoms with van der Waals surface area (Å²) in [5.41, 5.74) is -0.737. The maximum atomic E-state index is 13.3. The van der Waals surface area contributed by atoms with Crippen molar-refractivity contribution in [2.24, 2.45) is 0 Å². The lowest BCUT2D eigenvalue weighted by Crippen LogP contribution is -2.58. The van der Waals surface area contributed by atoms with E-state index in [1.165, 1.54) is 21.9 Å². The first-order valence-electron chi connectivity index (χ1n) is 11.2. The second kappa shape index (κ2) is 10.3. The van der Waals surface area contributed by atoms with Gasteiger partial charge in [0.05, 0.1) is 13.0 Å². The molecule has 0 spiro atoms. The van der Waals surface area contributed by atoms with Crippen molar-refractivity contribution in [3.05, 3.63) is 52.0 Å². The molecule has 0 radical (unpaired) electrons. The molecule has 174 valence electrons. The summed E-state index contributed by atoms with van der Waals surface area (Å²) in [6, 6.07) is 10.3. The number of carbonyl (C=O) groups excluding carboxylic acids is 1. The van der Waals surface area contributed by atoms with Crippen LogP contribution in [0.2, 0.25) is 0 Å². The summed E-state index contributed by atoms with van der Waals surface area (Å²) < 4.78 is 25.6. The van der Waals surface area contributed by atoms with Gasteiger partial charge in [-0.25, -0.2) is 4.39 Å². The highest BCUT2D eigenvalue weighted by atomic mass is 32.1. The largest absolute Gasteiger partial charge is 0.491 e. The van der Waals surface area contributed by atoms with E-state index in [0.717, 1.165) is 39.3 Å². The van der Waals surface area contributed by atoms with Crippen LogP contribution in [0.5, 0.6) is 5.75 Å². The summed E-state index contributed by atoms with van der Waals surface area (Å²) in [6.07, 6.45) is 0.276. The van der Waals surface area contributed by atoms with Gasteiger partial charge in [-0.15, -0.1) is 11.3 Å². The van der Waals surface area contributed by atoms with Crippen LogP contribution in [-0.4, -0.2) is 85.7 Å². The quantitative estimate of drug-likeness (QED) is 0.634. The van der Waals surface area contributed by atoms with E-state index in [1.807, 2.05) is 4.90 Å². The van der Waals surface area contributed by atoms with Crippen LogP contribution in [0.4, 0.5) is 4.39 Å². The maximum absolute atomic E-state index is 13.3. The van der Waals surface area contributed by atoms with Gasteiger partial charge in [-0.2, -0.15) is 0 Å². The summed E-state index contributed by atoms with van der Waals surface area (Å²) in [5, 5.41) is 0. The fourth-order valence-corrected chi connectivity index (χ4v) is 5.22. The molecule has 2 aliphatic heterocycles. The third-order valence-electron chi connectivity index (χ3n) is 6.15. The first kappa shape index (κ1) is 23.2. The van der Waals surface area contributed by atoms with Crippen LogP contribution in [-0.2, 0) is 16.1 Å². The molecule has 2 saturated heterocycles. The summed E-state index contributed by atoms with van der Waals surface area (Å²) in [5.74, 6) is 0.380. The van der Waals surface area contributed by atoms with Crippen LogP contribution in [0.25, 0.3) is 0 Å². The number of piperazine rings is 1. The van der Waals surface area contributed by atoms with Gasteiger partial charge in [0.25, 0.3) is 0 Å². The molecule has 1 unspecified atom stereocenters. The van der Waals surface area contributed by atoms with Gasteiger partial charge in [0.15, 0.2) is 0 Å². The van der Waals surface area contributed by atoms with Gasteiger partial charge in [-0.3, -0.25) is 9.69 Å². The molecule has 2 fully saturated rings. The van der Waals surface area contributed by atoms with E-state index >= 15 is 0 Å². The van der Waals surface area contributed by atoms with Crippen LogP contribution in [0.15, 0.2) is 36.4 Å². The van der Waals surface area contributed by atoms with Crippen molar-refractivity contribution in [3.8, 4) is 5.75 Å². The summed E-state index contributed by atoms with van der Waals surface area (Å²) in [7, 11) is 2.08. The Morgan fingerprint density at radius 2 is 1.88 bits per heavy atom. The number of carbonyl (C=O) groups is 1. The number of rotatable bonds is 7. The standard InChI is InChI=1S/C24H32FN3O3S/c1-19-3-8-22(32-19)16-27-13-14-31-24(17-27,18-30-21-6-4-20(25)5-7-21)15-23(29)28-11-9-26(2)10-12-28/h3-8H,9-18H2,1-2H3. The molecule has 0 aliphatic carbocycles. The summed E-state index contributed by atoms with van der Waals surface area (Å²) >= 11 is 1.80. The lowest BCUT2D eigenvalue weighted by atomic mass is 9.96. The number of morpholine rings is 1. The first-order valence-corrected chi connectivity index (χ1v) is 12.0. The monoisotopic (exact) mass is 461 g/mol. The number of thiophene rings is 1. The predicted molar refractivity (Wildman–Crippen MR) is 124 cm³/mol. The molecule has 0 N–H and O–H groups in total. The Labute approximate surface area is 193 Å². The van der Waals surface area contributed by atoms with Crippen molar-refractivity contribution in [1.82, 2.24) is 14.7 Å². The van der Waals surface area contributed by atoms with Crippen molar-refractivity contribution in [2.75, 3.05) is 59.5 Å². The zero-order valence-corrected chi connectivity index (χ0v) is 19.7. The molecule has 1 amide bonds. The van der Waals surface area contributed by atoms with Crippen molar-refractivity contribution in [1.29, 1.82) is 0 Å². The minimum absolute atomic E-state index is 0.106. The van der Waals surface area contributed by atoms with Crippen molar-refractivity contribution < 1.29 is 18.7 Å².